The van der Waals surface area contributed by atoms with Crippen molar-refractivity contribution in [3.8, 4) is 11.3 Å². The highest BCUT2D eigenvalue weighted by atomic mass is 35.5. The van der Waals surface area contributed by atoms with Crippen LogP contribution in [0.3, 0.4) is 0 Å². The molecule has 2 aromatic heterocycles. The Morgan fingerprint density at radius 2 is 1.96 bits per heavy atom. The van der Waals surface area contributed by atoms with Crippen molar-refractivity contribution in [1.82, 2.24) is 4.98 Å². The lowest BCUT2D eigenvalue weighted by Gasteiger charge is -2.32. The summed E-state index contributed by atoms with van der Waals surface area (Å²) in [6.45, 7) is 0. The average Bonchev–Trinajstić information content (AvgIpc) is 3.34. The number of aliphatic hydroxyl groups is 1. The largest absolute Gasteiger partial charge is 0.463 e. The summed E-state index contributed by atoms with van der Waals surface area (Å²) >= 11 is 6.80. The molecule has 1 aromatic carbocycles. The first-order valence-corrected chi connectivity index (χ1v) is 8.96. The molecule has 1 aliphatic heterocycles. The zero-order chi connectivity index (χ0) is 19.2. The van der Waals surface area contributed by atoms with E-state index in [0.717, 1.165) is 11.3 Å². The molecule has 0 amide bonds. The summed E-state index contributed by atoms with van der Waals surface area (Å²) in [6.07, 6.45) is -4.38. The van der Waals surface area contributed by atoms with Gasteiger partial charge in [0.05, 0.1) is 18.4 Å². The molecule has 0 unspecified atom stereocenters. The van der Waals surface area contributed by atoms with Gasteiger partial charge in [-0.05, 0) is 24.3 Å². The summed E-state index contributed by atoms with van der Waals surface area (Å²) in [6, 6.07) is 9.75. The molecular formula is C17H11ClF3N3O2S. The number of nitrogens with zero attached hydrogens (tertiary/aromatic N) is 3. The van der Waals surface area contributed by atoms with E-state index >= 15 is 0 Å². The van der Waals surface area contributed by atoms with Gasteiger partial charge in [-0.25, -0.2) is 4.98 Å². The van der Waals surface area contributed by atoms with E-state index in [1.54, 1.807) is 29.6 Å². The van der Waals surface area contributed by atoms with Crippen LogP contribution in [0.4, 0.5) is 18.3 Å². The van der Waals surface area contributed by atoms with E-state index in [1.807, 2.05) is 0 Å². The number of hydrazone groups is 1. The fraction of sp³-hybridized carbons (Fsp3) is 0.176. The minimum Gasteiger partial charge on any atom is -0.463 e. The molecular weight excluding hydrogens is 403 g/mol. The lowest BCUT2D eigenvalue weighted by atomic mass is 10.1. The zero-order valence-corrected chi connectivity index (χ0v) is 15.0. The van der Waals surface area contributed by atoms with E-state index in [-0.39, 0.29) is 16.6 Å². The van der Waals surface area contributed by atoms with Crippen LogP contribution in [0.1, 0.15) is 12.2 Å². The van der Waals surface area contributed by atoms with Crippen molar-refractivity contribution >= 4 is 33.8 Å². The van der Waals surface area contributed by atoms with Crippen molar-refractivity contribution in [3.63, 3.8) is 0 Å². The van der Waals surface area contributed by atoms with Gasteiger partial charge < -0.3 is 9.52 Å². The maximum atomic E-state index is 13.6. The van der Waals surface area contributed by atoms with Crippen LogP contribution in [-0.4, -0.2) is 27.7 Å². The summed E-state index contributed by atoms with van der Waals surface area (Å²) in [5.74, 6) is 0.162. The molecule has 140 valence electrons. The first kappa shape index (κ1) is 18.0. The first-order chi connectivity index (χ1) is 12.8. The number of thiazole rings is 1. The third kappa shape index (κ3) is 3.11. The lowest BCUT2D eigenvalue weighted by Crippen LogP contribution is -2.55. The molecule has 0 saturated heterocycles. The van der Waals surface area contributed by atoms with E-state index in [2.05, 4.69) is 10.1 Å². The first-order valence-electron chi connectivity index (χ1n) is 7.70. The van der Waals surface area contributed by atoms with E-state index < -0.39 is 18.3 Å². The summed E-state index contributed by atoms with van der Waals surface area (Å²) in [5.41, 5.74) is -2.07. The minimum absolute atomic E-state index is 0.0110. The number of anilines is 1. The van der Waals surface area contributed by atoms with E-state index in [0.29, 0.717) is 21.3 Å². The maximum absolute atomic E-state index is 13.6. The van der Waals surface area contributed by atoms with Gasteiger partial charge in [-0.3, -0.25) is 0 Å². The van der Waals surface area contributed by atoms with Crippen LogP contribution in [-0.2, 0) is 0 Å². The van der Waals surface area contributed by atoms with Crippen molar-refractivity contribution < 1.29 is 22.7 Å². The molecule has 0 aliphatic carbocycles. The Morgan fingerprint density at radius 1 is 1.22 bits per heavy atom. The molecule has 0 radical (unpaired) electrons. The average molecular weight is 414 g/mol. The number of hydrogen-bond donors (Lipinski definition) is 1. The van der Waals surface area contributed by atoms with Gasteiger partial charge >= 0.3 is 6.18 Å². The van der Waals surface area contributed by atoms with Gasteiger partial charge in [-0.15, -0.1) is 11.3 Å². The molecule has 0 bridgehead atoms. The van der Waals surface area contributed by atoms with Crippen LogP contribution in [0.5, 0.6) is 0 Å². The van der Waals surface area contributed by atoms with Crippen molar-refractivity contribution in [2.45, 2.75) is 18.3 Å². The quantitative estimate of drug-likeness (QED) is 0.662. The molecule has 27 heavy (non-hydrogen) atoms. The SMILES string of the molecule is O[C@@]1(C(F)(F)F)CC(c2ccco2)=NN1c1nc(-c2ccc(Cl)cc2)cs1. The number of alkyl halides is 3. The molecule has 5 nitrogen and oxygen atoms in total. The Bertz CT molecular complexity index is 986. The van der Waals surface area contributed by atoms with Crippen molar-refractivity contribution in [1.29, 1.82) is 0 Å². The monoisotopic (exact) mass is 413 g/mol. The van der Waals surface area contributed by atoms with Crippen molar-refractivity contribution in [2.75, 3.05) is 5.01 Å². The highest BCUT2D eigenvalue weighted by molar-refractivity contribution is 7.14. The predicted molar refractivity (Wildman–Crippen MR) is 95.9 cm³/mol. The van der Waals surface area contributed by atoms with E-state index in [4.69, 9.17) is 16.0 Å². The van der Waals surface area contributed by atoms with E-state index in [9.17, 15) is 18.3 Å². The number of furan rings is 1. The fourth-order valence-corrected chi connectivity index (χ4v) is 3.64. The number of aromatic nitrogens is 1. The second kappa shape index (κ2) is 6.36. The van der Waals surface area contributed by atoms with Crippen LogP contribution in [0.15, 0.2) is 57.6 Å². The molecule has 0 fully saturated rings. The van der Waals surface area contributed by atoms with Gasteiger partial charge in [0, 0.05) is 16.0 Å². The van der Waals surface area contributed by atoms with Crippen LogP contribution in [0, 0.1) is 0 Å². The van der Waals surface area contributed by atoms with Crippen LogP contribution >= 0.6 is 22.9 Å². The standard InChI is InChI=1S/C17H11ClF3N3O2S/c18-11-5-3-10(4-6-11)13-9-27-15(22-13)24-16(25,17(19,20)21)8-12(23-24)14-2-1-7-26-14/h1-7,9,25H,8H2/t16-/m1/s1. The van der Waals surface area contributed by atoms with Gasteiger partial charge in [-0.2, -0.15) is 23.3 Å². The zero-order valence-electron chi connectivity index (χ0n) is 13.4. The Kier molecular flexibility index (Phi) is 4.25. The second-order valence-corrected chi connectivity index (χ2v) is 7.12. The molecule has 4 rings (SSSR count). The molecule has 1 N–H and O–H groups in total. The van der Waals surface area contributed by atoms with Crippen LogP contribution in [0.25, 0.3) is 11.3 Å². The molecule has 3 aromatic rings. The highest BCUT2D eigenvalue weighted by Gasteiger charge is 2.63. The smallest absolute Gasteiger partial charge is 0.438 e. The van der Waals surface area contributed by atoms with E-state index in [1.165, 1.54) is 18.4 Å². The highest BCUT2D eigenvalue weighted by Crippen LogP contribution is 2.45. The maximum Gasteiger partial charge on any atom is 0.438 e. The fourth-order valence-electron chi connectivity index (χ4n) is 2.66. The molecule has 0 spiro atoms. The Morgan fingerprint density at radius 3 is 2.59 bits per heavy atom. The van der Waals surface area contributed by atoms with Gasteiger partial charge in [0.25, 0.3) is 5.72 Å². The molecule has 0 saturated carbocycles. The Labute approximate surface area is 160 Å². The summed E-state index contributed by atoms with van der Waals surface area (Å²) in [5, 5.41) is 16.9. The number of benzene rings is 1. The third-order valence-electron chi connectivity index (χ3n) is 4.06. The number of rotatable bonds is 3. The van der Waals surface area contributed by atoms with Gasteiger partial charge in [0.1, 0.15) is 11.5 Å². The lowest BCUT2D eigenvalue weighted by molar-refractivity contribution is -0.254. The van der Waals surface area contributed by atoms with Gasteiger partial charge in [0.2, 0.25) is 5.13 Å². The Hall–Kier alpha value is -2.36. The van der Waals surface area contributed by atoms with Gasteiger partial charge in [0.15, 0.2) is 0 Å². The third-order valence-corrected chi connectivity index (χ3v) is 5.13. The van der Waals surface area contributed by atoms with Crippen molar-refractivity contribution in [3.05, 3.63) is 58.8 Å². The number of halogens is 4. The van der Waals surface area contributed by atoms with Crippen LogP contribution in [0.2, 0.25) is 5.02 Å². The van der Waals surface area contributed by atoms with Crippen molar-refractivity contribution in [2.24, 2.45) is 5.10 Å². The normalized spacial score (nSPS) is 20.2. The molecule has 1 atom stereocenters. The van der Waals surface area contributed by atoms with Gasteiger partial charge in [-0.1, -0.05) is 23.7 Å². The summed E-state index contributed by atoms with van der Waals surface area (Å²) in [4.78, 5) is 4.22. The minimum atomic E-state index is -4.95. The summed E-state index contributed by atoms with van der Waals surface area (Å²) in [7, 11) is 0. The molecule has 1 aliphatic rings. The number of hydrogen-bond acceptors (Lipinski definition) is 6. The molecule has 10 heteroatoms. The Balaban J connectivity index is 1.74. The predicted octanol–water partition coefficient (Wildman–Crippen LogP) is 4.92. The molecule has 3 heterocycles. The topological polar surface area (TPSA) is 61.9 Å². The second-order valence-electron chi connectivity index (χ2n) is 5.85. The van der Waals surface area contributed by atoms with Crippen LogP contribution < -0.4 is 5.01 Å². The summed E-state index contributed by atoms with van der Waals surface area (Å²) < 4.78 is 46.0.